The SMILES string of the molecule is O=CC1=C(c2ccc(F)cc2)c2cc(CO)ccc2OC1. The highest BCUT2D eigenvalue weighted by atomic mass is 19.1. The third-order valence-electron chi connectivity index (χ3n) is 3.48. The zero-order chi connectivity index (χ0) is 14.8. The lowest BCUT2D eigenvalue weighted by Gasteiger charge is -2.22. The number of carbonyl (C=O) groups is 1. The molecule has 1 aliphatic rings. The Balaban J connectivity index is 2.21. The Morgan fingerprint density at radius 3 is 2.62 bits per heavy atom. The molecule has 0 aromatic heterocycles. The maximum atomic E-state index is 13.1. The zero-order valence-electron chi connectivity index (χ0n) is 11.2. The number of rotatable bonds is 3. The molecular weight excluding hydrogens is 271 g/mol. The van der Waals surface area contributed by atoms with Gasteiger partial charge in [-0.25, -0.2) is 4.39 Å². The molecule has 3 nitrogen and oxygen atoms in total. The van der Waals surface area contributed by atoms with Crippen LogP contribution in [0, 0.1) is 5.82 Å². The maximum Gasteiger partial charge on any atom is 0.150 e. The lowest BCUT2D eigenvalue weighted by molar-refractivity contribution is -0.105. The molecule has 0 atom stereocenters. The second-order valence-electron chi connectivity index (χ2n) is 4.80. The first kappa shape index (κ1) is 13.5. The largest absolute Gasteiger partial charge is 0.488 e. The van der Waals surface area contributed by atoms with Gasteiger partial charge in [-0.15, -0.1) is 0 Å². The van der Waals surface area contributed by atoms with Crippen LogP contribution in [-0.2, 0) is 11.4 Å². The summed E-state index contributed by atoms with van der Waals surface area (Å²) in [5.41, 5.74) is 3.44. The molecule has 0 saturated carbocycles. The molecule has 0 spiro atoms. The van der Waals surface area contributed by atoms with Gasteiger partial charge in [-0.3, -0.25) is 4.79 Å². The highest BCUT2D eigenvalue weighted by molar-refractivity contribution is 5.97. The molecule has 2 aromatic rings. The second-order valence-corrected chi connectivity index (χ2v) is 4.80. The average Bonchev–Trinajstić information content (AvgIpc) is 2.54. The first-order chi connectivity index (χ1) is 10.2. The Kier molecular flexibility index (Phi) is 3.54. The Morgan fingerprint density at radius 1 is 1.19 bits per heavy atom. The molecular formula is C17H13FO3. The minimum absolute atomic E-state index is 0.0968. The van der Waals surface area contributed by atoms with Gasteiger partial charge >= 0.3 is 0 Å². The quantitative estimate of drug-likeness (QED) is 0.882. The van der Waals surface area contributed by atoms with Gasteiger partial charge in [0.15, 0.2) is 0 Å². The number of halogens is 1. The van der Waals surface area contributed by atoms with Crippen LogP contribution in [0.2, 0.25) is 0 Å². The first-order valence-electron chi connectivity index (χ1n) is 6.54. The van der Waals surface area contributed by atoms with E-state index in [1.807, 2.05) is 0 Å². The highest BCUT2D eigenvalue weighted by Gasteiger charge is 2.21. The molecule has 0 radical (unpaired) electrons. The van der Waals surface area contributed by atoms with E-state index in [0.717, 1.165) is 28.5 Å². The molecule has 2 aromatic carbocycles. The molecule has 0 amide bonds. The topological polar surface area (TPSA) is 46.5 Å². The molecule has 0 bridgehead atoms. The predicted octanol–water partition coefficient (Wildman–Crippen LogP) is 2.71. The van der Waals surface area contributed by atoms with Crippen LogP contribution in [0.1, 0.15) is 16.7 Å². The summed E-state index contributed by atoms with van der Waals surface area (Å²) in [6, 6.07) is 11.3. The Labute approximate surface area is 121 Å². The van der Waals surface area contributed by atoms with E-state index in [-0.39, 0.29) is 19.0 Å². The van der Waals surface area contributed by atoms with Crippen LogP contribution >= 0.6 is 0 Å². The molecule has 106 valence electrons. The summed E-state index contributed by atoms with van der Waals surface area (Å²) in [6.07, 6.45) is 0.757. The normalized spacial score (nSPS) is 13.6. The van der Waals surface area contributed by atoms with Crippen molar-refractivity contribution >= 4 is 11.9 Å². The average molecular weight is 284 g/mol. The number of fused-ring (bicyclic) bond motifs is 1. The van der Waals surface area contributed by atoms with Gasteiger partial charge in [-0.05, 0) is 35.4 Å². The van der Waals surface area contributed by atoms with Crippen LogP contribution in [0.3, 0.4) is 0 Å². The molecule has 21 heavy (non-hydrogen) atoms. The number of benzene rings is 2. The summed E-state index contributed by atoms with van der Waals surface area (Å²) in [5.74, 6) is 0.320. The van der Waals surface area contributed by atoms with Crippen LogP contribution in [0.15, 0.2) is 48.0 Å². The molecule has 0 unspecified atom stereocenters. The lowest BCUT2D eigenvalue weighted by atomic mass is 9.90. The first-order valence-corrected chi connectivity index (χ1v) is 6.54. The van der Waals surface area contributed by atoms with Crippen molar-refractivity contribution in [3.05, 3.63) is 70.5 Å². The van der Waals surface area contributed by atoms with Gasteiger partial charge in [0.05, 0.1) is 6.61 Å². The summed E-state index contributed by atoms with van der Waals surface area (Å²) in [6.45, 7) is 0.0854. The van der Waals surface area contributed by atoms with E-state index >= 15 is 0 Å². The second kappa shape index (κ2) is 5.50. The van der Waals surface area contributed by atoms with Crippen molar-refractivity contribution in [1.82, 2.24) is 0 Å². The summed E-state index contributed by atoms with van der Waals surface area (Å²) in [7, 11) is 0. The fourth-order valence-electron chi connectivity index (χ4n) is 2.45. The van der Waals surface area contributed by atoms with E-state index in [1.165, 1.54) is 12.1 Å². The number of aliphatic hydroxyl groups excluding tert-OH is 1. The van der Waals surface area contributed by atoms with Gasteiger partial charge in [-0.2, -0.15) is 0 Å². The standard InChI is InChI=1S/C17H13FO3/c18-14-4-2-12(3-5-14)17-13(9-20)10-21-16-6-1-11(8-19)7-15(16)17/h1-7,9,19H,8,10H2. The molecule has 1 N–H and O–H groups in total. The van der Waals surface area contributed by atoms with E-state index in [2.05, 4.69) is 0 Å². The number of carbonyl (C=O) groups excluding carboxylic acids is 1. The molecule has 3 rings (SSSR count). The summed E-state index contributed by atoms with van der Waals surface area (Å²) >= 11 is 0. The van der Waals surface area contributed by atoms with Gasteiger partial charge in [0.25, 0.3) is 0 Å². The highest BCUT2D eigenvalue weighted by Crippen LogP contribution is 2.37. The summed E-state index contributed by atoms with van der Waals surface area (Å²) in [4.78, 5) is 11.3. The third-order valence-corrected chi connectivity index (χ3v) is 3.48. The van der Waals surface area contributed by atoms with E-state index in [1.54, 1.807) is 30.3 Å². The van der Waals surface area contributed by atoms with Crippen molar-refractivity contribution in [2.75, 3.05) is 6.61 Å². The Hall–Kier alpha value is -2.46. The van der Waals surface area contributed by atoms with Crippen molar-refractivity contribution in [3.8, 4) is 5.75 Å². The minimum atomic E-state index is -0.330. The molecule has 0 aliphatic carbocycles. The molecule has 1 aliphatic heterocycles. The summed E-state index contributed by atoms with van der Waals surface area (Å²) in [5, 5.41) is 9.28. The van der Waals surface area contributed by atoms with Crippen LogP contribution in [-0.4, -0.2) is 18.0 Å². The fourth-order valence-corrected chi connectivity index (χ4v) is 2.45. The number of hydrogen-bond acceptors (Lipinski definition) is 3. The van der Waals surface area contributed by atoms with Crippen molar-refractivity contribution in [3.63, 3.8) is 0 Å². The fraction of sp³-hybridized carbons (Fsp3) is 0.118. The van der Waals surface area contributed by atoms with Gasteiger partial charge in [0.1, 0.15) is 24.5 Å². The van der Waals surface area contributed by atoms with Crippen LogP contribution in [0.5, 0.6) is 5.75 Å². The number of hydrogen-bond donors (Lipinski definition) is 1. The minimum Gasteiger partial charge on any atom is -0.488 e. The lowest BCUT2D eigenvalue weighted by Crippen LogP contribution is -2.13. The van der Waals surface area contributed by atoms with Gasteiger partial charge < -0.3 is 9.84 Å². The van der Waals surface area contributed by atoms with E-state index < -0.39 is 0 Å². The van der Waals surface area contributed by atoms with Gasteiger partial charge in [0.2, 0.25) is 0 Å². The van der Waals surface area contributed by atoms with Crippen molar-refractivity contribution < 1.29 is 19.0 Å². The maximum absolute atomic E-state index is 13.1. The van der Waals surface area contributed by atoms with Crippen LogP contribution in [0.25, 0.3) is 5.57 Å². The Morgan fingerprint density at radius 2 is 1.95 bits per heavy atom. The van der Waals surface area contributed by atoms with E-state index in [9.17, 15) is 14.3 Å². The van der Waals surface area contributed by atoms with Crippen molar-refractivity contribution in [2.45, 2.75) is 6.61 Å². The monoisotopic (exact) mass is 284 g/mol. The van der Waals surface area contributed by atoms with Crippen LogP contribution < -0.4 is 4.74 Å². The molecule has 0 saturated heterocycles. The Bertz CT molecular complexity index is 717. The van der Waals surface area contributed by atoms with E-state index in [4.69, 9.17) is 4.74 Å². The number of aldehydes is 1. The van der Waals surface area contributed by atoms with Crippen molar-refractivity contribution in [1.29, 1.82) is 0 Å². The third kappa shape index (κ3) is 2.45. The molecule has 0 fully saturated rings. The van der Waals surface area contributed by atoms with Gasteiger partial charge in [0, 0.05) is 16.7 Å². The van der Waals surface area contributed by atoms with E-state index in [0.29, 0.717) is 11.3 Å². The summed E-state index contributed by atoms with van der Waals surface area (Å²) < 4.78 is 18.7. The molecule has 1 heterocycles. The predicted molar refractivity (Wildman–Crippen MR) is 76.3 cm³/mol. The van der Waals surface area contributed by atoms with Crippen LogP contribution in [0.4, 0.5) is 4.39 Å². The van der Waals surface area contributed by atoms with Crippen molar-refractivity contribution in [2.24, 2.45) is 0 Å². The van der Waals surface area contributed by atoms with Gasteiger partial charge in [-0.1, -0.05) is 18.2 Å². The smallest absolute Gasteiger partial charge is 0.150 e. The zero-order valence-corrected chi connectivity index (χ0v) is 11.2. The molecule has 4 heteroatoms. The number of aliphatic hydroxyl groups is 1. The number of ether oxygens (including phenoxy) is 1.